The molecule has 2 heterocycles. The van der Waals surface area contributed by atoms with Gasteiger partial charge in [0.15, 0.2) is 18.9 Å². The number of hydrogen-bond donors (Lipinski definition) is 2. The van der Waals surface area contributed by atoms with Gasteiger partial charge in [0.25, 0.3) is 5.56 Å². The summed E-state index contributed by atoms with van der Waals surface area (Å²) in [4.78, 5) is 25.1. The summed E-state index contributed by atoms with van der Waals surface area (Å²) in [5.41, 5.74) is -1.31. The molecule has 4 atom stereocenters. The van der Waals surface area contributed by atoms with Crippen LogP contribution in [0.25, 0.3) is 0 Å². The fourth-order valence-corrected chi connectivity index (χ4v) is 2.90. The Morgan fingerprint density at radius 1 is 1.33 bits per heavy atom. The molecule has 1 aromatic heterocycles. The number of H-pyrrole nitrogens is 1. The lowest BCUT2D eigenvalue weighted by Crippen LogP contribution is -2.38. The fraction of sp³-hybridized carbons (Fsp3) is 0.667. The van der Waals surface area contributed by atoms with Crippen LogP contribution in [0.15, 0.2) is 21.9 Å². The van der Waals surface area contributed by atoms with Gasteiger partial charge in [-0.05, 0) is 0 Å². The molecule has 0 radical (unpaired) electrons. The van der Waals surface area contributed by atoms with E-state index in [1.807, 2.05) is 0 Å². The van der Waals surface area contributed by atoms with E-state index in [2.05, 4.69) is 4.98 Å². The molecule has 12 heteroatoms. The average Bonchev–Trinajstić information content (AvgIpc) is 2.88. The number of hydrogen-bond acceptors (Lipinski definition) is 9. The van der Waals surface area contributed by atoms with Crippen molar-refractivity contribution in [3.63, 3.8) is 0 Å². The quantitative estimate of drug-likeness (QED) is 0.595. The van der Waals surface area contributed by atoms with Crippen molar-refractivity contribution < 1.29 is 32.9 Å². The minimum Gasteiger partial charge on any atom is -0.385 e. The zero-order valence-electron chi connectivity index (χ0n) is 13.3. The van der Waals surface area contributed by atoms with E-state index in [1.54, 1.807) is 0 Å². The number of rotatable bonds is 7. The Bertz CT molecular complexity index is 709. The Morgan fingerprint density at radius 2 is 2.00 bits per heavy atom. The van der Waals surface area contributed by atoms with Gasteiger partial charge in [0.05, 0.1) is 0 Å². The molecule has 1 aromatic rings. The van der Waals surface area contributed by atoms with Gasteiger partial charge in [-0.25, -0.2) is 4.79 Å². The number of ether oxygens (including phenoxy) is 3. The van der Waals surface area contributed by atoms with Gasteiger partial charge < -0.3 is 28.4 Å². The van der Waals surface area contributed by atoms with Gasteiger partial charge >= 0.3 is 13.3 Å². The monoisotopic (exact) mass is 366 g/mol. The molecule has 2 N–H and O–H groups in total. The first-order valence-corrected chi connectivity index (χ1v) is 8.58. The second-order valence-electron chi connectivity index (χ2n) is 4.88. The maximum absolute atomic E-state index is 12.0. The van der Waals surface area contributed by atoms with Crippen LogP contribution in [0.5, 0.6) is 0 Å². The molecule has 0 spiro atoms. The molecule has 1 saturated heterocycles. The van der Waals surface area contributed by atoms with Crippen LogP contribution >= 0.6 is 7.60 Å². The molecular weight excluding hydrogens is 347 g/mol. The molecular formula is C12H19N2O9P. The molecule has 0 bridgehead atoms. The standard InChI is InChI=1S/C12H19N2O9P/c1-19-9-8(16)11(22-6-24(18,20-2)21-3)23-10(9)14-5-4-7(15)13-12(14)17/h4-5,8-11,16H,6H2,1-3H3,(H,13,15,17)/t8?,9?,10-,11+/m1/s1. The molecule has 0 amide bonds. The number of methoxy groups -OCH3 is 1. The van der Waals surface area contributed by atoms with Crippen LogP contribution in [0.1, 0.15) is 6.23 Å². The summed E-state index contributed by atoms with van der Waals surface area (Å²) in [6.07, 6.45) is -3.78. The van der Waals surface area contributed by atoms with Gasteiger partial charge in [-0.2, -0.15) is 0 Å². The smallest absolute Gasteiger partial charge is 0.355 e. The number of aliphatic hydroxyl groups excluding tert-OH is 1. The van der Waals surface area contributed by atoms with Crippen molar-refractivity contribution in [1.29, 1.82) is 0 Å². The molecule has 0 aromatic carbocycles. The number of aliphatic hydroxyl groups is 1. The summed E-state index contributed by atoms with van der Waals surface area (Å²) in [5, 5.41) is 10.2. The first-order chi connectivity index (χ1) is 11.3. The van der Waals surface area contributed by atoms with Crippen LogP contribution in [0, 0.1) is 0 Å². The Balaban J connectivity index is 2.19. The van der Waals surface area contributed by atoms with E-state index >= 15 is 0 Å². The number of aromatic nitrogens is 2. The average molecular weight is 366 g/mol. The van der Waals surface area contributed by atoms with Crippen LogP contribution in [0.2, 0.25) is 0 Å². The second kappa shape index (κ2) is 7.70. The van der Waals surface area contributed by atoms with E-state index in [-0.39, 0.29) is 0 Å². The molecule has 0 saturated carbocycles. The predicted molar refractivity (Wildman–Crippen MR) is 79.6 cm³/mol. The number of aromatic amines is 1. The van der Waals surface area contributed by atoms with Gasteiger partial charge in [-0.3, -0.25) is 18.9 Å². The molecule has 1 fully saturated rings. The Morgan fingerprint density at radius 3 is 2.54 bits per heavy atom. The largest absolute Gasteiger partial charge is 0.385 e. The van der Waals surface area contributed by atoms with Gasteiger partial charge in [-0.1, -0.05) is 0 Å². The van der Waals surface area contributed by atoms with Gasteiger partial charge in [0, 0.05) is 33.6 Å². The molecule has 2 rings (SSSR count). The van der Waals surface area contributed by atoms with Crippen LogP contribution in [-0.2, 0) is 27.8 Å². The third-order valence-corrected chi connectivity index (χ3v) is 5.10. The van der Waals surface area contributed by atoms with Crippen molar-refractivity contribution in [2.45, 2.75) is 24.7 Å². The van der Waals surface area contributed by atoms with Crippen LogP contribution < -0.4 is 11.2 Å². The van der Waals surface area contributed by atoms with Crippen LogP contribution in [0.4, 0.5) is 0 Å². The van der Waals surface area contributed by atoms with Gasteiger partial charge in [0.1, 0.15) is 12.2 Å². The zero-order chi connectivity index (χ0) is 17.9. The second-order valence-corrected chi connectivity index (χ2v) is 7.09. The van der Waals surface area contributed by atoms with Crippen molar-refractivity contribution in [3.05, 3.63) is 33.1 Å². The highest BCUT2D eigenvalue weighted by molar-refractivity contribution is 7.53. The maximum Gasteiger partial charge on any atom is 0.355 e. The van der Waals surface area contributed by atoms with E-state index in [0.29, 0.717) is 0 Å². The van der Waals surface area contributed by atoms with Gasteiger partial charge in [-0.15, -0.1) is 0 Å². The normalized spacial score (nSPS) is 27.5. The molecule has 136 valence electrons. The van der Waals surface area contributed by atoms with Gasteiger partial charge in [0.2, 0.25) is 0 Å². The molecule has 1 aliphatic heterocycles. The summed E-state index contributed by atoms with van der Waals surface area (Å²) in [7, 11) is 0.241. The first kappa shape index (κ1) is 19.0. The van der Waals surface area contributed by atoms with E-state index in [1.165, 1.54) is 27.5 Å². The van der Waals surface area contributed by atoms with E-state index < -0.39 is 49.9 Å². The predicted octanol–water partition coefficient (Wildman–Crippen LogP) is -0.773. The topological polar surface area (TPSA) is 138 Å². The Labute approximate surface area is 136 Å². The van der Waals surface area contributed by atoms with Crippen molar-refractivity contribution in [2.75, 3.05) is 27.7 Å². The molecule has 24 heavy (non-hydrogen) atoms. The molecule has 0 aliphatic carbocycles. The highest BCUT2D eigenvalue weighted by Crippen LogP contribution is 2.47. The van der Waals surface area contributed by atoms with E-state index in [9.17, 15) is 19.3 Å². The van der Waals surface area contributed by atoms with E-state index in [0.717, 1.165) is 10.6 Å². The van der Waals surface area contributed by atoms with Crippen LogP contribution in [0.3, 0.4) is 0 Å². The molecule has 11 nitrogen and oxygen atoms in total. The third-order valence-electron chi connectivity index (χ3n) is 3.52. The number of nitrogens with zero attached hydrogens (tertiary/aromatic N) is 1. The number of nitrogens with one attached hydrogen (secondary N) is 1. The lowest BCUT2D eigenvalue weighted by Gasteiger charge is -2.19. The minimum atomic E-state index is -3.47. The molecule has 2 unspecified atom stereocenters. The highest BCUT2D eigenvalue weighted by Gasteiger charge is 2.47. The highest BCUT2D eigenvalue weighted by atomic mass is 31.2. The van der Waals surface area contributed by atoms with Crippen LogP contribution in [-0.4, -0.2) is 60.8 Å². The SMILES string of the molecule is COC1C(O)[C@@H](OCP(=O)(OC)OC)O[C@H]1n1ccc(=O)[nH]c1=O. The lowest BCUT2D eigenvalue weighted by atomic mass is 10.2. The summed E-state index contributed by atoms with van der Waals surface area (Å²) in [6, 6.07) is 1.13. The molecule has 1 aliphatic rings. The van der Waals surface area contributed by atoms with Crippen molar-refractivity contribution in [3.8, 4) is 0 Å². The summed E-state index contributed by atoms with van der Waals surface area (Å²) >= 11 is 0. The van der Waals surface area contributed by atoms with Crippen molar-refractivity contribution >= 4 is 7.60 Å². The Hall–Kier alpha value is -1.33. The Kier molecular flexibility index (Phi) is 6.10. The lowest BCUT2D eigenvalue weighted by molar-refractivity contribution is -0.169. The summed E-state index contributed by atoms with van der Waals surface area (Å²) in [5.74, 6) is 0. The minimum absolute atomic E-state index is 0.467. The maximum atomic E-state index is 12.0. The summed E-state index contributed by atoms with van der Waals surface area (Å²) < 4.78 is 38.4. The first-order valence-electron chi connectivity index (χ1n) is 6.85. The van der Waals surface area contributed by atoms with Crippen molar-refractivity contribution in [1.82, 2.24) is 9.55 Å². The van der Waals surface area contributed by atoms with Crippen molar-refractivity contribution in [2.24, 2.45) is 0 Å². The third kappa shape index (κ3) is 3.83. The summed E-state index contributed by atoms with van der Waals surface area (Å²) in [6.45, 7) is 0. The zero-order valence-corrected chi connectivity index (χ0v) is 14.2. The fourth-order valence-electron chi connectivity index (χ4n) is 2.21. The van der Waals surface area contributed by atoms with E-state index in [4.69, 9.17) is 23.3 Å².